The first-order valence-corrected chi connectivity index (χ1v) is 10.8. The molecule has 2 aromatic heterocycles. The van der Waals surface area contributed by atoms with E-state index in [2.05, 4.69) is 57.1 Å². The van der Waals surface area contributed by atoms with Crippen molar-refractivity contribution in [2.45, 2.75) is 33.7 Å². The predicted molar refractivity (Wildman–Crippen MR) is 128 cm³/mol. The summed E-state index contributed by atoms with van der Waals surface area (Å²) < 4.78 is 13.4. The van der Waals surface area contributed by atoms with E-state index in [0.717, 1.165) is 46.3 Å². The van der Waals surface area contributed by atoms with Crippen LogP contribution in [-0.2, 0) is 6.54 Å². The molecule has 0 fully saturated rings. The summed E-state index contributed by atoms with van der Waals surface area (Å²) in [6, 6.07) is 13.8. The zero-order chi connectivity index (χ0) is 22.5. The molecule has 166 valence electrons. The Labute approximate surface area is 187 Å². The maximum absolute atomic E-state index is 5.84. The highest BCUT2D eigenvalue weighted by molar-refractivity contribution is 6.04. The molecule has 1 N–H and O–H groups in total. The zero-order valence-electron chi connectivity index (χ0n) is 18.9. The molecule has 0 unspecified atom stereocenters. The van der Waals surface area contributed by atoms with Crippen molar-refractivity contribution in [1.29, 1.82) is 0 Å². The number of fused-ring (bicyclic) bond motifs is 3. The summed E-state index contributed by atoms with van der Waals surface area (Å²) in [6.07, 6.45) is 2.68. The molecule has 0 bridgehead atoms. The Morgan fingerprint density at radius 1 is 1.12 bits per heavy atom. The predicted octanol–water partition coefficient (Wildman–Crippen LogP) is 4.88. The maximum atomic E-state index is 5.84. The average molecular weight is 433 g/mol. The molecular formula is C24H28N6O2. The molecule has 4 aromatic rings. The van der Waals surface area contributed by atoms with E-state index in [0.29, 0.717) is 24.2 Å². The van der Waals surface area contributed by atoms with Crippen LogP contribution in [0.1, 0.15) is 32.8 Å². The van der Waals surface area contributed by atoms with Crippen molar-refractivity contribution in [2.24, 2.45) is 11.0 Å². The molecule has 0 aliphatic carbocycles. The smallest absolute Gasteiger partial charge is 0.265 e. The van der Waals surface area contributed by atoms with Crippen LogP contribution in [0.5, 0.6) is 11.5 Å². The van der Waals surface area contributed by atoms with Gasteiger partial charge in [0.1, 0.15) is 5.52 Å². The van der Waals surface area contributed by atoms with E-state index in [4.69, 9.17) is 9.47 Å². The van der Waals surface area contributed by atoms with Crippen LogP contribution in [0.4, 0.5) is 5.95 Å². The van der Waals surface area contributed by atoms with Gasteiger partial charge in [0.25, 0.3) is 5.95 Å². The first-order valence-electron chi connectivity index (χ1n) is 10.8. The van der Waals surface area contributed by atoms with Gasteiger partial charge in [-0.3, -0.25) is 0 Å². The lowest BCUT2D eigenvalue weighted by atomic mass is 10.1. The molecule has 0 saturated heterocycles. The van der Waals surface area contributed by atoms with Gasteiger partial charge in [0.05, 0.1) is 25.4 Å². The molecule has 0 spiro atoms. The van der Waals surface area contributed by atoms with E-state index in [1.807, 2.05) is 36.4 Å². The Balaban J connectivity index is 1.50. The SMILES string of the molecule is CCn1c2ccccc2c2nnc(N/N=C/c3ccc(OCCC(C)C)c(OC)c3)nc21. The van der Waals surface area contributed by atoms with Gasteiger partial charge in [-0.05, 0) is 49.1 Å². The number of methoxy groups -OCH3 is 1. The number of benzene rings is 2. The minimum absolute atomic E-state index is 0.340. The Morgan fingerprint density at radius 2 is 1.97 bits per heavy atom. The van der Waals surface area contributed by atoms with E-state index < -0.39 is 0 Å². The van der Waals surface area contributed by atoms with Gasteiger partial charge in [-0.2, -0.15) is 10.1 Å². The summed E-state index contributed by atoms with van der Waals surface area (Å²) in [4.78, 5) is 4.63. The van der Waals surface area contributed by atoms with Gasteiger partial charge in [0, 0.05) is 11.9 Å². The van der Waals surface area contributed by atoms with E-state index in [1.54, 1.807) is 13.3 Å². The first kappa shape index (κ1) is 21.5. The molecule has 4 rings (SSSR count). The molecule has 0 aliphatic rings. The number of nitrogens with one attached hydrogen (secondary N) is 1. The van der Waals surface area contributed by atoms with Gasteiger partial charge in [-0.15, -0.1) is 10.2 Å². The third-order valence-corrected chi connectivity index (χ3v) is 5.21. The number of hydrazone groups is 1. The number of rotatable bonds is 9. The van der Waals surface area contributed by atoms with Crippen LogP contribution in [0.3, 0.4) is 0 Å². The largest absolute Gasteiger partial charge is 0.493 e. The fourth-order valence-corrected chi connectivity index (χ4v) is 3.52. The van der Waals surface area contributed by atoms with Crippen molar-refractivity contribution in [3.05, 3.63) is 48.0 Å². The highest BCUT2D eigenvalue weighted by atomic mass is 16.5. The third-order valence-electron chi connectivity index (χ3n) is 5.21. The highest BCUT2D eigenvalue weighted by Gasteiger charge is 2.13. The van der Waals surface area contributed by atoms with Gasteiger partial charge < -0.3 is 14.0 Å². The normalized spacial score (nSPS) is 11.7. The summed E-state index contributed by atoms with van der Waals surface area (Å²) in [6.45, 7) is 7.88. The van der Waals surface area contributed by atoms with Crippen molar-refractivity contribution in [3.8, 4) is 11.5 Å². The van der Waals surface area contributed by atoms with E-state index in [9.17, 15) is 0 Å². The summed E-state index contributed by atoms with van der Waals surface area (Å²) in [5.74, 6) is 2.33. The maximum Gasteiger partial charge on any atom is 0.265 e. The second kappa shape index (κ2) is 9.64. The summed E-state index contributed by atoms with van der Waals surface area (Å²) >= 11 is 0. The Morgan fingerprint density at radius 3 is 2.75 bits per heavy atom. The summed E-state index contributed by atoms with van der Waals surface area (Å²) in [7, 11) is 1.63. The van der Waals surface area contributed by atoms with E-state index in [-0.39, 0.29) is 0 Å². The second-order valence-electron chi connectivity index (χ2n) is 7.88. The van der Waals surface area contributed by atoms with Crippen LogP contribution in [0.15, 0.2) is 47.6 Å². The van der Waals surface area contributed by atoms with Crippen molar-refractivity contribution >= 4 is 34.2 Å². The van der Waals surface area contributed by atoms with Crippen molar-refractivity contribution in [2.75, 3.05) is 19.1 Å². The Kier molecular flexibility index (Phi) is 6.49. The van der Waals surface area contributed by atoms with Crippen LogP contribution >= 0.6 is 0 Å². The highest BCUT2D eigenvalue weighted by Crippen LogP contribution is 2.28. The minimum atomic E-state index is 0.340. The number of aromatic nitrogens is 4. The van der Waals surface area contributed by atoms with Crippen molar-refractivity contribution in [3.63, 3.8) is 0 Å². The van der Waals surface area contributed by atoms with Crippen LogP contribution in [0, 0.1) is 5.92 Å². The molecular weight excluding hydrogens is 404 g/mol. The zero-order valence-corrected chi connectivity index (χ0v) is 18.9. The number of aryl methyl sites for hydroxylation is 1. The fourth-order valence-electron chi connectivity index (χ4n) is 3.52. The molecule has 0 saturated carbocycles. The molecule has 0 atom stereocenters. The molecule has 32 heavy (non-hydrogen) atoms. The molecule has 0 aliphatic heterocycles. The van der Waals surface area contributed by atoms with E-state index in [1.165, 1.54) is 0 Å². The molecule has 8 heteroatoms. The van der Waals surface area contributed by atoms with Crippen LogP contribution in [0.2, 0.25) is 0 Å². The molecule has 8 nitrogen and oxygen atoms in total. The first-order chi connectivity index (χ1) is 15.6. The number of hydrogen-bond donors (Lipinski definition) is 1. The Hall–Kier alpha value is -3.68. The van der Waals surface area contributed by atoms with Gasteiger partial charge in [0.15, 0.2) is 17.1 Å². The number of anilines is 1. The lowest BCUT2D eigenvalue weighted by Gasteiger charge is -2.12. The van der Waals surface area contributed by atoms with Gasteiger partial charge in [0.2, 0.25) is 0 Å². The molecule has 0 radical (unpaired) electrons. The third kappa shape index (κ3) is 4.49. The van der Waals surface area contributed by atoms with Gasteiger partial charge in [-0.25, -0.2) is 5.43 Å². The number of hydrogen-bond acceptors (Lipinski definition) is 7. The number of nitrogens with zero attached hydrogens (tertiary/aromatic N) is 5. The molecule has 2 aromatic carbocycles. The summed E-state index contributed by atoms with van der Waals surface area (Å²) in [5, 5.41) is 13.9. The average Bonchev–Trinajstić information content (AvgIpc) is 3.12. The lowest BCUT2D eigenvalue weighted by Crippen LogP contribution is -2.03. The van der Waals surface area contributed by atoms with E-state index >= 15 is 0 Å². The lowest BCUT2D eigenvalue weighted by molar-refractivity contribution is 0.273. The van der Waals surface area contributed by atoms with Crippen LogP contribution < -0.4 is 14.9 Å². The van der Waals surface area contributed by atoms with Crippen LogP contribution in [-0.4, -0.2) is 39.7 Å². The summed E-state index contributed by atoms with van der Waals surface area (Å²) in [5.41, 5.74) is 6.41. The quantitative estimate of drug-likeness (QED) is 0.300. The van der Waals surface area contributed by atoms with Crippen molar-refractivity contribution in [1.82, 2.24) is 19.7 Å². The number of ether oxygens (including phenoxy) is 2. The standard InChI is InChI=1S/C24H28N6O2/c1-5-30-19-9-7-6-8-18(19)22-23(30)26-24(29-27-22)28-25-15-17-10-11-20(21(14-17)31-4)32-13-12-16(2)3/h6-11,14-16H,5,12-13H2,1-4H3,(H,26,28,29)/b25-15+. The van der Waals surface area contributed by atoms with Gasteiger partial charge >= 0.3 is 0 Å². The second-order valence-corrected chi connectivity index (χ2v) is 7.88. The Bertz CT molecular complexity index is 1250. The molecule has 0 amide bonds. The minimum Gasteiger partial charge on any atom is -0.493 e. The van der Waals surface area contributed by atoms with Gasteiger partial charge in [-0.1, -0.05) is 32.0 Å². The van der Waals surface area contributed by atoms with Crippen molar-refractivity contribution < 1.29 is 9.47 Å². The number of para-hydroxylation sites is 1. The van der Waals surface area contributed by atoms with Crippen LogP contribution in [0.25, 0.3) is 22.1 Å². The fraction of sp³-hybridized carbons (Fsp3) is 0.333. The monoisotopic (exact) mass is 432 g/mol. The molecule has 2 heterocycles. The topological polar surface area (TPSA) is 86.5 Å².